The van der Waals surface area contributed by atoms with Crippen LogP contribution in [0.5, 0.6) is 0 Å². The van der Waals surface area contributed by atoms with Gasteiger partial charge in [-0.05, 0) is 50.7 Å². The Morgan fingerprint density at radius 1 is 1.35 bits per heavy atom. The summed E-state index contributed by atoms with van der Waals surface area (Å²) in [5.74, 6) is 2.03. The molecule has 2 N–H and O–H groups in total. The van der Waals surface area contributed by atoms with Gasteiger partial charge in [0.15, 0.2) is 0 Å². The van der Waals surface area contributed by atoms with Gasteiger partial charge in [0, 0.05) is 23.8 Å². The summed E-state index contributed by atoms with van der Waals surface area (Å²) >= 11 is 0. The highest BCUT2D eigenvalue weighted by atomic mass is 16.1. The van der Waals surface area contributed by atoms with Crippen LogP contribution in [0.25, 0.3) is 0 Å². The minimum atomic E-state index is 0.0144. The zero-order chi connectivity index (χ0) is 14.7. The number of nitrogens with zero attached hydrogens (tertiary/aromatic N) is 1. The Labute approximate surface area is 121 Å². The smallest absolute Gasteiger partial charge is 0.251 e. The molecule has 0 bridgehead atoms. The Kier molecular flexibility index (Phi) is 4.63. The van der Waals surface area contributed by atoms with Crippen LogP contribution in [0.15, 0.2) is 12.1 Å². The van der Waals surface area contributed by atoms with Gasteiger partial charge in [-0.1, -0.05) is 13.8 Å². The molecule has 110 valence electrons. The molecule has 1 amide bonds. The average Bonchev–Trinajstić information content (AvgIpc) is 2.70. The lowest BCUT2D eigenvalue weighted by atomic mass is 9.97. The Bertz CT molecular complexity index is 487. The van der Waals surface area contributed by atoms with Crippen molar-refractivity contribution in [3.8, 4) is 0 Å². The van der Waals surface area contributed by atoms with E-state index >= 15 is 0 Å². The summed E-state index contributed by atoms with van der Waals surface area (Å²) in [6.45, 7) is 9.22. The number of rotatable bonds is 4. The third-order valence-corrected chi connectivity index (χ3v) is 4.36. The van der Waals surface area contributed by atoms with E-state index in [9.17, 15) is 4.79 Å². The van der Waals surface area contributed by atoms with E-state index in [2.05, 4.69) is 29.5 Å². The monoisotopic (exact) mass is 275 g/mol. The van der Waals surface area contributed by atoms with Crippen molar-refractivity contribution in [1.29, 1.82) is 0 Å². The van der Waals surface area contributed by atoms with Crippen molar-refractivity contribution >= 4 is 11.7 Å². The quantitative estimate of drug-likeness (QED) is 0.888. The van der Waals surface area contributed by atoms with E-state index in [-0.39, 0.29) is 5.91 Å². The summed E-state index contributed by atoms with van der Waals surface area (Å²) in [6.07, 6.45) is 2.28. The van der Waals surface area contributed by atoms with E-state index in [0.29, 0.717) is 23.4 Å². The van der Waals surface area contributed by atoms with Crippen LogP contribution in [0.2, 0.25) is 0 Å². The number of amides is 1. The maximum atomic E-state index is 12.4. The van der Waals surface area contributed by atoms with Gasteiger partial charge in [0.05, 0.1) is 0 Å². The molecule has 4 nitrogen and oxygen atoms in total. The lowest BCUT2D eigenvalue weighted by molar-refractivity contribution is 0.0927. The standard InChI is InChI=1S/C16H25N3O/c1-5-17-15-9-13(8-11(3)18-15)16(20)19-14-7-6-10(2)12(14)4/h8-10,12,14H,5-7H2,1-4H3,(H,17,18)(H,19,20). The van der Waals surface area contributed by atoms with Gasteiger partial charge in [0.1, 0.15) is 5.82 Å². The first-order valence-corrected chi connectivity index (χ1v) is 7.54. The lowest BCUT2D eigenvalue weighted by Gasteiger charge is -2.20. The molecular weight excluding hydrogens is 250 g/mol. The first-order valence-electron chi connectivity index (χ1n) is 7.54. The molecule has 3 atom stereocenters. The van der Waals surface area contributed by atoms with Crippen molar-refractivity contribution in [2.24, 2.45) is 11.8 Å². The fourth-order valence-corrected chi connectivity index (χ4v) is 2.89. The topological polar surface area (TPSA) is 54.0 Å². The van der Waals surface area contributed by atoms with E-state index in [4.69, 9.17) is 0 Å². The molecule has 0 aromatic carbocycles. The molecule has 0 saturated heterocycles. The molecule has 1 saturated carbocycles. The molecule has 0 aliphatic heterocycles. The number of anilines is 1. The summed E-state index contributed by atoms with van der Waals surface area (Å²) in [4.78, 5) is 16.8. The molecule has 20 heavy (non-hydrogen) atoms. The second-order valence-corrected chi connectivity index (χ2v) is 5.91. The number of carbonyl (C=O) groups excluding carboxylic acids is 1. The van der Waals surface area contributed by atoms with Crippen LogP contribution in [0, 0.1) is 18.8 Å². The zero-order valence-corrected chi connectivity index (χ0v) is 12.9. The predicted molar refractivity (Wildman–Crippen MR) is 82.0 cm³/mol. The summed E-state index contributed by atoms with van der Waals surface area (Å²) in [5.41, 5.74) is 1.56. The predicted octanol–water partition coefficient (Wildman–Crippen LogP) is 2.99. The maximum absolute atomic E-state index is 12.4. The molecular formula is C16H25N3O. The minimum Gasteiger partial charge on any atom is -0.370 e. The third-order valence-electron chi connectivity index (χ3n) is 4.36. The van der Waals surface area contributed by atoms with E-state index in [1.165, 1.54) is 6.42 Å². The first kappa shape index (κ1) is 14.8. The van der Waals surface area contributed by atoms with Gasteiger partial charge in [-0.3, -0.25) is 4.79 Å². The number of carbonyl (C=O) groups is 1. The molecule has 1 heterocycles. The molecule has 1 aromatic heterocycles. The minimum absolute atomic E-state index is 0.0144. The highest BCUT2D eigenvalue weighted by Gasteiger charge is 2.30. The summed E-state index contributed by atoms with van der Waals surface area (Å²) in [7, 11) is 0. The average molecular weight is 275 g/mol. The van der Waals surface area contributed by atoms with Gasteiger partial charge in [0.2, 0.25) is 0 Å². The second-order valence-electron chi connectivity index (χ2n) is 5.91. The van der Waals surface area contributed by atoms with Gasteiger partial charge < -0.3 is 10.6 Å². The van der Waals surface area contributed by atoms with E-state index in [0.717, 1.165) is 24.5 Å². The SMILES string of the molecule is CCNc1cc(C(=O)NC2CCC(C)C2C)cc(C)n1. The number of aromatic nitrogens is 1. The fraction of sp³-hybridized carbons (Fsp3) is 0.625. The number of pyridine rings is 1. The van der Waals surface area contributed by atoms with Gasteiger partial charge in [-0.25, -0.2) is 4.98 Å². The number of hydrogen-bond donors (Lipinski definition) is 2. The van der Waals surface area contributed by atoms with Crippen molar-refractivity contribution in [3.05, 3.63) is 23.4 Å². The molecule has 1 aliphatic carbocycles. The Morgan fingerprint density at radius 2 is 2.10 bits per heavy atom. The Morgan fingerprint density at radius 3 is 2.70 bits per heavy atom. The van der Waals surface area contributed by atoms with Crippen LogP contribution in [0.1, 0.15) is 49.7 Å². The van der Waals surface area contributed by atoms with Crippen LogP contribution >= 0.6 is 0 Å². The fourth-order valence-electron chi connectivity index (χ4n) is 2.89. The summed E-state index contributed by atoms with van der Waals surface area (Å²) < 4.78 is 0. The van der Waals surface area contributed by atoms with E-state index < -0.39 is 0 Å². The number of hydrogen-bond acceptors (Lipinski definition) is 3. The first-order chi connectivity index (χ1) is 9.51. The molecule has 3 unspecified atom stereocenters. The van der Waals surface area contributed by atoms with Gasteiger partial charge in [-0.2, -0.15) is 0 Å². The lowest BCUT2D eigenvalue weighted by Crippen LogP contribution is -2.37. The molecule has 1 fully saturated rings. The third kappa shape index (κ3) is 3.30. The number of aryl methyl sites for hydroxylation is 1. The van der Waals surface area contributed by atoms with Crippen LogP contribution in [0.4, 0.5) is 5.82 Å². The van der Waals surface area contributed by atoms with Crippen LogP contribution in [-0.4, -0.2) is 23.5 Å². The van der Waals surface area contributed by atoms with Gasteiger partial charge in [0.25, 0.3) is 5.91 Å². The van der Waals surface area contributed by atoms with Crippen molar-refractivity contribution in [2.45, 2.75) is 46.6 Å². The maximum Gasteiger partial charge on any atom is 0.251 e. The highest BCUT2D eigenvalue weighted by Crippen LogP contribution is 2.31. The van der Waals surface area contributed by atoms with Gasteiger partial charge in [-0.15, -0.1) is 0 Å². The van der Waals surface area contributed by atoms with Crippen molar-refractivity contribution in [3.63, 3.8) is 0 Å². The van der Waals surface area contributed by atoms with Crippen molar-refractivity contribution in [1.82, 2.24) is 10.3 Å². The molecule has 1 aromatic rings. The van der Waals surface area contributed by atoms with Crippen LogP contribution in [0.3, 0.4) is 0 Å². The number of nitrogens with one attached hydrogen (secondary N) is 2. The summed E-state index contributed by atoms with van der Waals surface area (Å²) in [6, 6.07) is 3.97. The molecule has 0 spiro atoms. The van der Waals surface area contributed by atoms with Gasteiger partial charge >= 0.3 is 0 Å². The van der Waals surface area contributed by atoms with Crippen LogP contribution < -0.4 is 10.6 Å². The molecule has 4 heteroatoms. The molecule has 0 radical (unpaired) electrons. The van der Waals surface area contributed by atoms with Crippen LogP contribution in [-0.2, 0) is 0 Å². The zero-order valence-electron chi connectivity index (χ0n) is 12.9. The van der Waals surface area contributed by atoms with E-state index in [1.54, 1.807) is 0 Å². The highest BCUT2D eigenvalue weighted by molar-refractivity contribution is 5.95. The van der Waals surface area contributed by atoms with E-state index in [1.807, 2.05) is 26.0 Å². The normalized spacial score (nSPS) is 25.5. The second kappa shape index (κ2) is 6.25. The van der Waals surface area contributed by atoms with Crippen molar-refractivity contribution < 1.29 is 4.79 Å². The molecule has 2 rings (SSSR count). The largest absolute Gasteiger partial charge is 0.370 e. The molecule has 1 aliphatic rings. The summed E-state index contributed by atoms with van der Waals surface area (Å²) in [5, 5.41) is 6.34. The Balaban J connectivity index is 2.09. The Hall–Kier alpha value is -1.58. The van der Waals surface area contributed by atoms with Crippen molar-refractivity contribution in [2.75, 3.05) is 11.9 Å².